The minimum absolute atomic E-state index is 0.181. The highest BCUT2D eigenvalue weighted by atomic mass is 32.1. The molecule has 4 N–H and O–H groups in total. The van der Waals surface area contributed by atoms with E-state index in [1.807, 2.05) is 6.92 Å². The Labute approximate surface area is 169 Å². The predicted molar refractivity (Wildman–Crippen MR) is 115 cm³/mol. The number of carbonyl (C=O) groups is 2. The van der Waals surface area contributed by atoms with E-state index in [-0.39, 0.29) is 23.8 Å². The molecule has 152 valence electrons. The van der Waals surface area contributed by atoms with Crippen molar-refractivity contribution in [3.05, 3.63) is 0 Å². The fourth-order valence-electron chi connectivity index (χ4n) is 4.18. The molecule has 0 aromatic carbocycles. The number of nitrogens with two attached hydrogens (primary N) is 1. The smallest absolute Gasteiger partial charge is 0.242 e. The van der Waals surface area contributed by atoms with E-state index in [4.69, 9.17) is 18.0 Å². The highest BCUT2D eigenvalue weighted by molar-refractivity contribution is 7.80. The van der Waals surface area contributed by atoms with Gasteiger partial charge in [0.15, 0.2) is 0 Å². The van der Waals surface area contributed by atoms with Crippen molar-refractivity contribution in [2.45, 2.75) is 89.3 Å². The van der Waals surface area contributed by atoms with Crippen LogP contribution in [0.1, 0.15) is 65.2 Å². The molecule has 8 heteroatoms. The summed E-state index contributed by atoms with van der Waals surface area (Å²) in [6, 6.07) is -1.34. The van der Waals surface area contributed by atoms with Gasteiger partial charge in [-0.1, -0.05) is 38.4 Å². The Balaban J connectivity index is 1.85. The Hall–Kier alpha value is -1.15. The number of hydrogen-bond acceptors (Lipinski definition) is 4. The van der Waals surface area contributed by atoms with E-state index in [0.29, 0.717) is 5.94 Å². The summed E-state index contributed by atoms with van der Waals surface area (Å²) in [5.41, 5.74) is 6.14. The summed E-state index contributed by atoms with van der Waals surface area (Å²) in [5, 5.41) is 5.80. The summed E-state index contributed by atoms with van der Waals surface area (Å²) in [4.78, 5) is 28.1. The fourth-order valence-corrected chi connectivity index (χ4v) is 4.68. The number of likely N-dealkylation sites (tertiary alicyclic amines) is 1. The largest absolute Gasteiger partial charge is 0.370 e. The summed E-state index contributed by atoms with van der Waals surface area (Å²) in [7, 11) is 2.17. The Bertz CT molecular complexity index is 542. The molecule has 0 aromatic rings. The second kappa shape index (κ2) is 10.4. The molecular weight excluding hydrogens is 359 g/mol. The van der Waals surface area contributed by atoms with E-state index in [1.54, 1.807) is 6.92 Å². The van der Waals surface area contributed by atoms with Gasteiger partial charge in [0.1, 0.15) is 18.9 Å². The van der Waals surface area contributed by atoms with Gasteiger partial charge in [0.05, 0.1) is 12.1 Å². The molecule has 1 aliphatic heterocycles. The summed E-state index contributed by atoms with van der Waals surface area (Å²) in [6.45, 7) is 4.67. The van der Waals surface area contributed by atoms with E-state index in [2.05, 4.69) is 23.4 Å². The molecule has 1 saturated heterocycles. The molecule has 0 spiro atoms. The first-order chi connectivity index (χ1) is 12.8. The van der Waals surface area contributed by atoms with E-state index in [0.717, 1.165) is 56.5 Å². The van der Waals surface area contributed by atoms with Crippen LogP contribution in [0.2, 0.25) is 0 Å². The van der Waals surface area contributed by atoms with Gasteiger partial charge >= 0.3 is 0 Å². The van der Waals surface area contributed by atoms with E-state index >= 15 is 0 Å². The zero-order valence-electron chi connectivity index (χ0n) is 17.0. The van der Waals surface area contributed by atoms with Gasteiger partial charge < -0.3 is 21.3 Å². The molecule has 0 radical (unpaired) electrons. The van der Waals surface area contributed by atoms with Gasteiger partial charge in [-0.05, 0) is 50.9 Å². The topological polar surface area (TPSA) is 87.5 Å². The number of nitrogens with one attached hydrogen (secondary N) is 2. The van der Waals surface area contributed by atoms with E-state index in [1.165, 1.54) is 6.42 Å². The summed E-state index contributed by atoms with van der Waals surface area (Å²) >= 11 is 5.64. The van der Waals surface area contributed by atoms with Crippen LogP contribution in [0.4, 0.5) is 0 Å². The highest BCUT2D eigenvalue weighted by Crippen LogP contribution is 2.25. The first-order valence-electron chi connectivity index (χ1n) is 10.5. The molecule has 0 aromatic heterocycles. The highest BCUT2D eigenvalue weighted by Gasteiger charge is 2.30. The van der Waals surface area contributed by atoms with Gasteiger partial charge in [0.2, 0.25) is 11.8 Å². The summed E-state index contributed by atoms with van der Waals surface area (Å²) in [6.07, 6.45) is 8.48. The lowest BCUT2D eigenvalue weighted by molar-refractivity contribution is -0.130. The van der Waals surface area contributed by atoms with Crippen molar-refractivity contribution in [2.24, 2.45) is 11.7 Å². The van der Waals surface area contributed by atoms with Crippen LogP contribution < -0.4 is 16.4 Å². The lowest BCUT2D eigenvalue weighted by Crippen LogP contribution is -2.56. The normalized spacial score (nSPS) is 24.1. The maximum atomic E-state index is 12.6. The Morgan fingerprint density at radius 2 is 1.81 bits per heavy atom. The second-order valence-electron chi connectivity index (χ2n) is 8.15. The third-order valence-electron chi connectivity index (χ3n) is 6.07. The molecule has 0 bridgehead atoms. The van der Waals surface area contributed by atoms with Crippen LogP contribution in [0.25, 0.3) is 0 Å². The van der Waals surface area contributed by atoms with Gasteiger partial charge in [0.25, 0.3) is 0 Å². The molecule has 2 fully saturated rings. The average Bonchev–Trinajstić information content (AvgIpc) is 3.11. The van der Waals surface area contributed by atoms with Gasteiger partial charge in [0, 0.05) is 6.54 Å². The van der Waals surface area contributed by atoms with E-state index < -0.39 is 12.1 Å². The first kappa shape index (κ1) is 22.1. The Morgan fingerprint density at radius 3 is 2.37 bits per heavy atom. The average molecular weight is 394 g/mol. The number of rotatable bonds is 7. The lowest BCUT2D eigenvalue weighted by Gasteiger charge is -2.31. The molecule has 2 amide bonds. The van der Waals surface area contributed by atoms with Crippen LogP contribution in [-0.4, -0.2) is 60.2 Å². The SMILES string of the molecule is B[C@@H]1CCCN1C(=S)[C@H](CC)NC(=O)[C@H](C)NC(=O)[C@@H](N)C1CCCCC1. The Morgan fingerprint density at radius 1 is 1.15 bits per heavy atom. The summed E-state index contributed by atoms with van der Waals surface area (Å²) in [5.74, 6) is 0.212. The molecule has 27 heavy (non-hydrogen) atoms. The molecular formula is C19H35BN4O2S. The fraction of sp³-hybridized carbons (Fsp3) is 0.842. The molecule has 1 saturated carbocycles. The molecule has 2 rings (SSSR count). The Kier molecular flexibility index (Phi) is 8.54. The summed E-state index contributed by atoms with van der Waals surface area (Å²) < 4.78 is 0. The van der Waals surface area contributed by atoms with Crippen molar-refractivity contribution in [2.75, 3.05) is 6.54 Å². The first-order valence-corrected chi connectivity index (χ1v) is 10.9. The predicted octanol–water partition coefficient (Wildman–Crippen LogP) is 0.676. The van der Waals surface area contributed by atoms with Crippen LogP contribution >= 0.6 is 12.2 Å². The number of carbonyl (C=O) groups excluding carboxylic acids is 2. The van der Waals surface area contributed by atoms with Crippen molar-refractivity contribution in [1.29, 1.82) is 0 Å². The molecule has 1 heterocycles. The van der Waals surface area contributed by atoms with Crippen molar-refractivity contribution < 1.29 is 9.59 Å². The third kappa shape index (κ3) is 5.91. The molecule has 2 aliphatic rings. The van der Waals surface area contributed by atoms with E-state index in [9.17, 15) is 9.59 Å². The zero-order chi connectivity index (χ0) is 20.0. The molecule has 0 unspecified atom stereocenters. The molecule has 4 atom stereocenters. The second-order valence-corrected chi connectivity index (χ2v) is 8.56. The zero-order valence-corrected chi connectivity index (χ0v) is 17.8. The third-order valence-corrected chi connectivity index (χ3v) is 6.59. The number of thiocarbonyl (C=S) groups is 1. The standard InChI is InChI=1S/C19H35BN4O2S/c1-3-14(19(27)24-11-7-10-15(24)20)23-17(25)12(2)22-18(26)16(21)13-8-5-4-6-9-13/h12-16H,3-11,20-21H2,1-2H3,(H,22,26)(H,23,25)/t12-,14-,15-,16-/m0/s1. The monoisotopic (exact) mass is 394 g/mol. The molecule has 6 nitrogen and oxygen atoms in total. The van der Waals surface area contributed by atoms with Crippen molar-refractivity contribution >= 4 is 36.9 Å². The van der Waals surface area contributed by atoms with Crippen LogP contribution in [0, 0.1) is 5.92 Å². The van der Waals surface area contributed by atoms with Gasteiger partial charge in [-0.3, -0.25) is 9.59 Å². The minimum Gasteiger partial charge on any atom is -0.370 e. The number of hydrogen-bond donors (Lipinski definition) is 3. The lowest BCUT2D eigenvalue weighted by atomic mass is 9.84. The number of nitrogens with zero attached hydrogens (tertiary/aromatic N) is 1. The number of amides is 2. The van der Waals surface area contributed by atoms with Crippen molar-refractivity contribution in [3.63, 3.8) is 0 Å². The van der Waals surface area contributed by atoms with Crippen LogP contribution in [0.15, 0.2) is 0 Å². The van der Waals surface area contributed by atoms with Crippen LogP contribution in [-0.2, 0) is 9.59 Å². The van der Waals surface area contributed by atoms with Crippen LogP contribution in [0.3, 0.4) is 0 Å². The maximum absolute atomic E-state index is 12.6. The van der Waals surface area contributed by atoms with Gasteiger partial charge in [-0.2, -0.15) is 0 Å². The van der Waals surface area contributed by atoms with Crippen LogP contribution in [0.5, 0.6) is 0 Å². The quantitative estimate of drug-likeness (QED) is 0.437. The van der Waals surface area contributed by atoms with Crippen molar-refractivity contribution in [3.8, 4) is 0 Å². The molecule has 1 aliphatic carbocycles. The van der Waals surface area contributed by atoms with Gasteiger partial charge in [-0.25, -0.2) is 0 Å². The minimum atomic E-state index is -0.625. The van der Waals surface area contributed by atoms with Gasteiger partial charge in [-0.15, -0.1) is 0 Å². The maximum Gasteiger partial charge on any atom is 0.242 e. The van der Waals surface area contributed by atoms with Crippen molar-refractivity contribution in [1.82, 2.24) is 15.5 Å².